The second-order valence-electron chi connectivity index (χ2n) is 6.38. The van der Waals surface area contributed by atoms with Crippen LogP contribution < -0.4 is 5.32 Å². The summed E-state index contributed by atoms with van der Waals surface area (Å²) in [6.45, 7) is 5.65. The number of ether oxygens (including phenoxy) is 1. The zero-order valence-electron chi connectivity index (χ0n) is 14.6. The monoisotopic (exact) mass is 394 g/mol. The Hall–Kier alpha value is -1.81. The number of carbonyl (C=O) groups excluding carboxylic acids is 1. The van der Waals surface area contributed by atoms with Gasteiger partial charge in [-0.2, -0.15) is 13.2 Å². The van der Waals surface area contributed by atoms with Crippen LogP contribution in [0.15, 0.2) is 23.4 Å². The van der Waals surface area contributed by atoms with Gasteiger partial charge in [-0.3, -0.25) is 4.79 Å². The summed E-state index contributed by atoms with van der Waals surface area (Å²) >= 11 is 0.915. The number of hydrogen-bond acceptors (Lipinski definition) is 5. The third-order valence-electron chi connectivity index (χ3n) is 2.99. The molecule has 0 aromatic carbocycles. The van der Waals surface area contributed by atoms with Crippen molar-refractivity contribution in [2.75, 3.05) is 12.4 Å². The lowest BCUT2D eigenvalue weighted by molar-refractivity contribution is -0.142. The minimum Gasteiger partial charge on any atom is -0.480 e. The minimum atomic E-state index is -4.47. The number of hydrogen-bond donors (Lipinski definition) is 2. The predicted octanol–water partition coefficient (Wildman–Crippen LogP) is 2.97. The van der Waals surface area contributed by atoms with E-state index in [4.69, 9.17) is 9.84 Å². The van der Waals surface area contributed by atoms with Gasteiger partial charge in [0, 0.05) is 19.2 Å². The first-order valence-electron chi connectivity index (χ1n) is 7.70. The summed E-state index contributed by atoms with van der Waals surface area (Å²) in [5, 5.41) is 11.7. The van der Waals surface area contributed by atoms with Gasteiger partial charge in [-0.15, -0.1) is 0 Å². The van der Waals surface area contributed by atoms with Crippen LogP contribution in [0.25, 0.3) is 0 Å². The SMILES string of the molecule is CC(C)(C)OCCC(NC(=O)CSc1ccc(C(F)(F)F)cn1)C(=O)O. The molecule has 0 bridgehead atoms. The van der Waals surface area contributed by atoms with Gasteiger partial charge < -0.3 is 15.2 Å². The Labute approximate surface area is 153 Å². The molecular formula is C16H21F3N2O4S. The van der Waals surface area contributed by atoms with Gasteiger partial charge in [0.1, 0.15) is 6.04 Å². The number of rotatable bonds is 8. The van der Waals surface area contributed by atoms with Crippen molar-refractivity contribution in [3.05, 3.63) is 23.9 Å². The Morgan fingerprint density at radius 2 is 1.96 bits per heavy atom. The summed E-state index contributed by atoms with van der Waals surface area (Å²) in [5.74, 6) is -1.91. The van der Waals surface area contributed by atoms with Crippen molar-refractivity contribution in [3.63, 3.8) is 0 Å². The third kappa shape index (κ3) is 8.52. The molecule has 146 valence electrons. The number of pyridine rings is 1. The van der Waals surface area contributed by atoms with Gasteiger partial charge in [0.25, 0.3) is 0 Å². The number of carbonyl (C=O) groups is 2. The van der Waals surface area contributed by atoms with E-state index in [1.807, 2.05) is 20.8 Å². The number of aliphatic carboxylic acids is 1. The van der Waals surface area contributed by atoms with Gasteiger partial charge in [-0.05, 0) is 32.9 Å². The van der Waals surface area contributed by atoms with Gasteiger partial charge in [0.15, 0.2) is 0 Å². The first-order valence-corrected chi connectivity index (χ1v) is 8.69. The fourth-order valence-electron chi connectivity index (χ4n) is 1.75. The van der Waals surface area contributed by atoms with E-state index >= 15 is 0 Å². The van der Waals surface area contributed by atoms with Crippen LogP contribution in [0.1, 0.15) is 32.8 Å². The van der Waals surface area contributed by atoms with E-state index < -0.39 is 35.3 Å². The average Bonchev–Trinajstić information content (AvgIpc) is 2.50. The summed E-state index contributed by atoms with van der Waals surface area (Å²) < 4.78 is 42.8. The van der Waals surface area contributed by atoms with E-state index in [9.17, 15) is 22.8 Å². The van der Waals surface area contributed by atoms with Crippen molar-refractivity contribution < 1.29 is 32.6 Å². The van der Waals surface area contributed by atoms with Gasteiger partial charge in [0.2, 0.25) is 5.91 Å². The molecule has 0 spiro atoms. The molecule has 26 heavy (non-hydrogen) atoms. The highest BCUT2D eigenvalue weighted by Crippen LogP contribution is 2.29. The summed E-state index contributed by atoms with van der Waals surface area (Å²) in [7, 11) is 0. The average molecular weight is 394 g/mol. The van der Waals surface area contributed by atoms with E-state index in [1.54, 1.807) is 0 Å². The Morgan fingerprint density at radius 3 is 2.42 bits per heavy atom. The Bertz CT molecular complexity index is 615. The van der Waals surface area contributed by atoms with E-state index in [1.165, 1.54) is 0 Å². The number of thioether (sulfide) groups is 1. The van der Waals surface area contributed by atoms with Crippen molar-refractivity contribution in [1.29, 1.82) is 0 Å². The molecule has 1 heterocycles. The summed E-state index contributed by atoms with van der Waals surface area (Å²) in [5.41, 5.74) is -1.30. The van der Waals surface area contributed by atoms with Crippen molar-refractivity contribution in [2.24, 2.45) is 0 Å². The van der Waals surface area contributed by atoms with E-state index in [-0.39, 0.29) is 23.8 Å². The lowest BCUT2D eigenvalue weighted by Crippen LogP contribution is -2.42. The highest BCUT2D eigenvalue weighted by molar-refractivity contribution is 7.99. The Balaban J connectivity index is 2.49. The zero-order chi connectivity index (χ0) is 20.0. The van der Waals surface area contributed by atoms with Crippen LogP contribution in [-0.4, -0.2) is 46.0 Å². The van der Waals surface area contributed by atoms with E-state index in [0.29, 0.717) is 6.20 Å². The van der Waals surface area contributed by atoms with Gasteiger partial charge in [0.05, 0.1) is 21.9 Å². The molecular weight excluding hydrogens is 373 g/mol. The molecule has 1 unspecified atom stereocenters. The molecule has 0 aliphatic heterocycles. The predicted molar refractivity (Wildman–Crippen MR) is 89.9 cm³/mol. The molecule has 0 aliphatic carbocycles. The molecule has 0 aliphatic rings. The second-order valence-corrected chi connectivity index (χ2v) is 7.38. The lowest BCUT2D eigenvalue weighted by atomic mass is 10.2. The number of nitrogens with zero attached hydrogens (tertiary/aromatic N) is 1. The molecule has 10 heteroatoms. The molecule has 1 atom stereocenters. The van der Waals surface area contributed by atoms with E-state index in [2.05, 4.69) is 10.3 Å². The van der Waals surface area contributed by atoms with Gasteiger partial charge >= 0.3 is 12.1 Å². The maximum absolute atomic E-state index is 12.5. The van der Waals surface area contributed by atoms with E-state index in [0.717, 1.165) is 23.9 Å². The highest BCUT2D eigenvalue weighted by Gasteiger charge is 2.30. The summed E-state index contributed by atoms with van der Waals surface area (Å²) in [4.78, 5) is 26.7. The van der Waals surface area contributed by atoms with Crippen molar-refractivity contribution in [2.45, 2.75) is 50.0 Å². The number of amides is 1. The molecule has 6 nitrogen and oxygen atoms in total. The molecule has 0 fully saturated rings. The minimum absolute atomic E-state index is 0.0987. The Kier molecular flexibility index (Phi) is 7.88. The quantitative estimate of drug-likeness (QED) is 0.659. The normalized spacial score (nSPS) is 13.3. The van der Waals surface area contributed by atoms with Crippen LogP contribution in [0.4, 0.5) is 13.2 Å². The number of carboxylic acid groups (broad SMARTS) is 1. The first kappa shape index (κ1) is 22.2. The fraction of sp³-hybridized carbons (Fsp3) is 0.562. The maximum Gasteiger partial charge on any atom is 0.417 e. The fourth-order valence-corrected chi connectivity index (χ4v) is 2.40. The maximum atomic E-state index is 12.5. The van der Waals surface area contributed by atoms with Crippen LogP contribution in [0.3, 0.4) is 0 Å². The van der Waals surface area contributed by atoms with Crippen molar-refractivity contribution in [1.82, 2.24) is 10.3 Å². The Morgan fingerprint density at radius 1 is 1.31 bits per heavy atom. The number of carboxylic acids is 1. The molecule has 0 saturated carbocycles. The first-order chi connectivity index (χ1) is 11.9. The topological polar surface area (TPSA) is 88.5 Å². The van der Waals surface area contributed by atoms with Crippen LogP contribution >= 0.6 is 11.8 Å². The standard InChI is InChI=1S/C16H21F3N2O4S/c1-15(2,3)25-7-6-11(14(23)24)21-12(22)9-26-13-5-4-10(8-20-13)16(17,18)19/h4-5,8,11H,6-7,9H2,1-3H3,(H,21,22)(H,23,24). The second kappa shape index (κ2) is 9.22. The molecule has 0 radical (unpaired) electrons. The summed E-state index contributed by atoms with van der Waals surface area (Å²) in [6, 6.07) is 0.926. The van der Waals surface area contributed by atoms with Crippen LogP contribution in [0.2, 0.25) is 0 Å². The molecule has 2 N–H and O–H groups in total. The van der Waals surface area contributed by atoms with Crippen LogP contribution in [0, 0.1) is 0 Å². The highest BCUT2D eigenvalue weighted by atomic mass is 32.2. The third-order valence-corrected chi connectivity index (χ3v) is 3.93. The van der Waals surface area contributed by atoms with Crippen molar-refractivity contribution >= 4 is 23.6 Å². The van der Waals surface area contributed by atoms with Crippen molar-refractivity contribution in [3.8, 4) is 0 Å². The summed E-state index contributed by atoms with van der Waals surface area (Å²) in [6.07, 6.45) is -3.69. The van der Waals surface area contributed by atoms with Gasteiger partial charge in [-0.25, -0.2) is 9.78 Å². The number of nitrogens with one attached hydrogen (secondary N) is 1. The lowest BCUT2D eigenvalue weighted by Gasteiger charge is -2.21. The molecule has 1 aromatic rings. The number of alkyl halides is 3. The number of aromatic nitrogens is 1. The molecule has 1 amide bonds. The molecule has 1 rings (SSSR count). The van der Waals surface area contributed by atoms with Crippen LogP contribution in [0.5, 0.6) is 0 Å². The molecule has 1 aromatic heterocycles. The smallest absolute Gasteiger partial charge is 0.417 e. The largest absolute Gasteiger partial charge is 0.480 e. The zero-order valence-corrected chi connectivity index (χ0v) is 15.4. The van der Waals surface area contributed by atoms with Gasteiger partial charge in [-0.1, -0.05) is 11.8 Å². The number of halogens is 3. The molecule has 0 saturated heterocycles. The van der Waals surface area contributed by atoms with Crippen LogP contribution in [-0.2, 0) is 20.5 Å².